The molecule has 0 saturated carbocycles. The summed E-state index contributed by atoms with van der Waals surface area (Å²) in [5.41, 5.74) is 0. The fourth-order valence-corrected chi connectivity index (χ4v) is 2.49. The molecule has 0 aromatic heterocycles. The Bertz CT molecular complexity index is 59.0. The van der Waals surface area contributed by atoms with Gasteiger partial charge in [0.25, 0.3) is 0 Å². The van der Waals surface area contributed by atoms with Gasteiger partial charge in [0.2, 0.25) is 0 Å². The molecule has 1 N–H and O–H groups in total. The van der Waals surface area contributed by atoms with Gasteiger partial charge in [-0.3, -0.25) is 0 Å². The highest BCUT2D eigenvalue weighted by molar-refractivity contribution is 8.16. The van der Waals surface area contributed by atoms with Gasteiger partial charge in [-0.1, -0.05) is 6.92 Å². The molecular formula is C6H14OS2. The van der Waals surface area contributed by atoms with Gasteiger partial charge in [-0.15, -0.1) is 23.5 Å². The van der Waals surface area contributed by atoms with Crippen molar-refractivity contribution in [3.05, 3.63) is 0 Å². The van der Waals surface area contributed by atoms with Crippen molar-refractivity contribution in [3.63, 3.8) is 0 Å². The lowest BCUT2D eigenvalue weighted by molar-refractivity contribution is 0.322. The molecular weight excluding hydrogens is 152 g/mol. The minimum atomic E-state index is 0.305. The molecule has 0 rings (SSSR count). The molecule has 0 saturated heterocycles. The zero-order valence-corrected chi connectivity index (χ0v) is 7.60. The average molecular weight is 166 g/mol. The molecule has 0 aliphatic rings. The Balaban J connectivity index is 2.95. The monoisotopic (exact) mass is 166 g/mol. The molecule has 0 bridgehead atoms. The topological polar surface area (TPSA) is 20.2 Å². The van der Waals surface area contributed by atoms with Crippen molar-refractivity contribution in [2.45, 2.75) is 18.4 Å². The number of rotatable bonds is 5. The highest BCUT2D eigenvalue weighted by Gasteiger charge is 1.98. The van der Waals surface area contributed by atoms with E-state index >= 15 is 0 Å². The lowest BCUT2D eigenvalue weighted by atomic mass is 10.9. The molecule has 56 valence electrons. The van der Waals surface area contributed by atoms with Crippen LogP contribution in [-0.2, 0) is 0 Å². The highest BCUT2D eigenvalue weighted by Crippen LogP contribution is 2.21. The van der Waals surface area contributed by atoms with E-state index in [-0.39, 0.29) is 0 Å². The summed E-state index contributed by atoms with van der Waals surface area (Å²) in [6, 6.07) is 0. The molecule has 0 heterocycles. The summed E-state index contributed by atoms with van der Waals surface area (Å²) >= 11 is 3.74. The van der Waals surface area contributed by atoms with E-state index in [1.165, 1.54) is 5.75 Å². The molecule has 0 amide bonds. The molecule has 0 fully saturated rings. The van der Waals surface area contributed by atoms with Crippen LogP contribution in [0.5, 0.6) is 0 Å². The molecule has 1 nitrogen and oxygen atoms in total. The first-order valence-electron chi connectivity index (χ1n) is 3.15. The highest BCUT2D eigenvalue weighted by atomic mass is 32.2. The Kier molecular flexibility index (Phi) is 7.27. The van der Waals surface area contributed by atoms with E-state index in [0.29, 0.717) is 11.2 Å². The maximum Gasteiger partial charge on any atom is 0.0522 e. The van der Waals surface area contributed by atoms with E-state index in [4.69, 9.17) is 5.11 Å². The van der Waals surface area contributed by atoms with E-state index in [9.17, 15) is 0 Å². The minimum absolute atomic E-state index is 0.305. The maximum atomic E-state index is 8.45. The third kappa shape index (κ3) is 6.55. The second kappa shape index (κ2) is 6.78. The Morgan fingerprint density at radius 1 is 1.44 bits per heavy atom. The smallest absolute Gasteiger partial charge is 0.0522 e. The molecule has 0 aromatic carbocycles. The van der Waals surface area contributed by atoms with Crippen molar-refractivity contribution in [1.82, 2.24) is 0 Å². The molecule has 1 unspecified atom stereocenters. The molecule has 0 aliphatic heterocycles. The lowest BCUT2D eigenvalue weighted by Gasteiger charge is -2.06. The van der Waals surface area contributed by atoms with Gasteiger partial charge in [-0.05, 0) is 12.7 Å². The van der Waals surface area contributed by atoms with Gasteiger partial charge in [0.1, 0.15) is 0 Å². The summed E-state index contributed by atoms with van der Waals surface area (Å²) in [6.45, 7) is 4.63. The number of hydrogen-bond donors (Lipinski definition) is 1. The lowest BCUT2D eigenvalue weighted by Crippen LogP contribution is -1.94. The maximum absolute atomic E-state index is 8.45. The summed E-state index contributed by atoms with van der Waals surface area (Å²) in [4.78, 5) is 0. The van der Waals surface area contributed by atoms with Gasteiger partial charge >= 0.3 is 0 Å². The Hall–Kier alpha value is 0.660. The van der Waals surface area contributed by atoms with Crippen molar-refractivity contribution in [2.75, 3.05) is 18.1 Å². The molecule has 9 heavy (non-hydrogen) atoms. The fourth-order valence-electron chi connectivity index (χ4n) is 0.501. The first-order valence-corrected chi connectivity index (χ1v) is 5.25. The van der Waals surface area contributed by atoms with Gasteiger partial charge < -0.3 is 5.11 Å². The van der Waals surface area contributed by atoms with Gasteiger partial charge in [0.05, 0.1) is 6.61 Å². The second-order valence-electron chi connectivity index (χ2n) is 1.62. The predicted molar refractivity (Wildman–Crippen MR) is 47.1 cm³/mol. The summed E-state index contributed by atoms with van der Waals surface area (Å²) in [5, 5.41) is 8.45. The third-order valence-electron chi connectivity index (χ3n) is 0.845. The molecule has 3 heteroatoms. The number of hydrogen-bond acceptors (Lipinski definition) is 3. The zero-order chi connectivity index (χ0) is 7.11. The van der Waals surface area contributed by atoms with Crippen LogP contribution in [0.2, 0.25) is 0 Å². The summed E-state index contributed by atoms with van der Waals surface area (Å²) in [7, 11) is 0. The minimum Gasteiger partial charge on any atom is -0.396 e. The van der Waals surface area contributed by atoms with E-state index in [1.54, 1.807) is 0 Å². The Morgan fingerprint density at radius 3 is 2.56 bits per heavy atom. The number of thioether (sulfide) groups is 2. The van der Waals surface area contributed by atoms with Crippen LogP contribution in [0.25, 0.3) is 0 Å². The van der Waals surface area contributed by atoms with Crippen LogP contribution in [0.3, 0.4) is 0 Å². The Labute approximate surface area is 65.6 Å². The quantitative estimate of drug-likeness (QED) is 0.629. The summed E-state index contributed by atoms with van der Waals surface area (Å²) in [5.74, 6) is 2.04. The van der Waals surface area contributed by atoms with Crippen molar-refractivity contribution < 1.29 is 5.11 Å². The largest absolute Gasteiger partial charge is 0.396 e. The van der Waals surface area contributed by atoms with E-state index in [0.717, 1.165) is 5.75 Å². The normalized spacial score (nSPS) is 13.7. The standard InChI is InChI=1S/C6H14OS2/c1-3-8-6(2)9-5-4-7/h6-7H,3-5H2,1-2H3. The van der Waals surface area contributed by atoms with Gasteiger partial charge in [0, 0.05) is 10.3 Å². The molecule has 0 aromatic rings. The van der Waals surface area contributed by atoms with Gasteiger partial charge in [0.15, 0.2) is 0 Å². The number of aliphatic hydroxyl groups is 1. The van der Waals surface area contributed by atoms with Crippen LogP contribution in [-0.4, -0.2) is 27.8 Å². The summed E-state index contributed by atoms with van der Waals surface area (Å²) < 4.78 is 0.641. The molecule has 1 atom stereocenters. The number of aliphatic hydroxyl groups excluding tert-OH is 1. The van der Waals surface area contributed by atoms with E-state index < -0.39 is 0 Å². The van der Waals surface area contributed by atoms with Gasteiger partial charge in [-0.2, -0.15) is 0 Å². The van der Waals surface area contributed by atoms with Crippen molar-refractivity contribution in [1.29, 1.82) is 0 Å². The molecule has 0 spiro atoms. The van der Waals surface area contributed by atoms with Crippen LogP contribution in [0, 0.1) is 0 Å². The van der Waals surface area contributed by atoms with Crippen LogP contribution in [0.4, 0.5) is 0 Å². The summed E-state index contributed by atoms with van der Waals surface area (Å²) in [6.07, 6.45) is 0. The molecule has 0 radical (unpaired) electrons. The third-order valence-corrected chi connectivity index (χ3v) is 3.35. The van der Waals surface area contributed by atoms with Gasteiger partial charge in [-0.25, -0.2) is 0 Å². The average Bonchev–Trinajstić information content (AvgIpc) is 1.85. The van der Waals surface area contributed by atoms with Crippen LogP contribution >= 0.6 is 23.5 Å². The van der Waals surface area contributed by atoms with E-state index in [2.05, 4.69) is 13.8 Å². The Morgan fingerprint density at radius 2 is 2.11 bits per heavy atom. The van der Waals surface area contributed by atoms with Crippen LogP contribution in [0.15, 0.2) is 0 Å². The van der Waals surface area contributed by atoms with Crippen LogP contribution in [0.1, 0.15) is 13.8 Å². The van der Waals surface area contributed by atoms with Crippen molar-refractivity contribution in [2.24, 2.45) is 0 Å². The zero-order valence-electron chi connectivity index (χ0n) is 5.96. The van der Waals surface area contributed by atoms with Crippen molar-refractivity contribution >= 4 is 23.5 Å². The first kappa shape index (κ1) is 9.66. The van der Waals surface area contributed by atoms with E-state index in [1.807, 2.05) is 23.5 Å². The first-order chi connectivity index (χ1) is 4.31. The SMILES string of the molecule is CCSC(C)SCCO. The van der Waals surface area contributed by atoms with Crippen molar-refractivity contribution in [3.8, 4) is 0 Å². The van der Waals surface area contributed by atoms with Crippen LogP contribution < -0.4 is 0 Å². The molecule has 0 aliphatic carbocycles. The predicted octanol–water partition coefficient (Wildman–Crippen LogP) is 1.81. The second-order valence-corrected chi connectivity index (χ2v) is 4.98. The fraction of sp³-hybridized carbons (Fsp3) is 1.00.